The van der Waals surface area contributed by atoms with Gasteiger partial charge in [0.2, 0.25) is 0 Å². The number of aromatic nitrogens is 1. The smallest absolute Gasteiger partial charge is 0.306 e. The van der Waals surface area contributed by atoms with Crippen molar-refractivity contribution in [2.75, 3.05) is 14.2 Å². The number of carbonyl (C=O) groups excluding carboxylic acids is 1. The topological polar surface area (TPSA) is 118 Å². The molecule has 0 spiro atoms. The van der Waals surface area contributed by atoms with Crippen LogP contribution < -0.4 is 10.3 Å². The summed E-state index contributed by atoms with van der Waals surface area (Å²) in [5, 5.41) is 30.0. The van der Waals surface area contributed by atoms with E-state index < -0.39 is 17.4 Å². The molecule has 1 heterocycles. The molecule has 3 aromatic rings. The largest absolute Gasteiger partial charge is 0.508 e. The Labute approximate surface area is 197 Å². The van der Waals surface area contributed by atoms with E-state index in [1.165, 1.54) is 20.3 Å². The van der Waals surface area contributed by atoms with Crippen molar-refractivity contribution in [1.29, 1.82) is 0 Å². The number of pyridine rings is 1. The fourth-order valence-corrected chi connectivity index (χ4v) is 4.05. The molecule has 0 aliphatic carbocycles. The first kappa shape index (κ1) is 24.9. The number of aliphatic hydroxyl groups is 1. The van der Waals surface area contributed by atoms with E-state index in [0.29, 0.717) is 35.5 Å². The second-order valence-corrected chi connectivity index (χ2v) is 8.02. The molecule has 0 aliphatic heterocycles. The zero-order chi connectivity index (χ0) is 24.8. The predicted octanol–water partition coefficient (Wildman–Crippen LogP) is 3.01. The van der Waals surface area contributed by atoms with E-state index in [-0.39, 0.29) is 30.1 Å². The molecular weight excluding hydrogens is 438 g/mol. The van der Waals surface area contributed by atoms with Crippen molar-refractivity contribution in [3.05, 3.63) is 86.8 Å². The van der Waals surface area contributed by atoms with Crippen LogP contribution in [-0.2, 0) is 29.1 Å². The van der Waals surface area contributed by atoms with Crippen LogP contribution in [0.25, 0.3) is 0 Å². The van der Waals surface area contributed by atoms with Gasteiger partial charge >= 0.3 is 5.97 Å². The van der Waals surface area contributed by atoms with Gasteiger partial charge in [0.05, 0.1) is 32.8 Å². The van der Waals surface area contributed by atoms with Crippen LogP contribution >= 0.6 is 0 Å². The molecule has 0 radical (unpaired) electrons. The molecule has 1 aromatic heterocycles. The molecular formula is C26H29NO7. The minimum absolute atomic E-state index is 0.0794. The minimum Gasteiger partial charge on any atom is -0.508 e. The standard InChI is InChI=1S/C26H29NO7/c1-16-12-22(30)25(26(32)27(16)11-10-17-4-7-20(29)8-5-17)21(14-24(31)34-3)18-6-9-23(33-2)19(13-18)15-28/h4-9,12-13,21,28-30H,10-11,14-15H2,1-3H3/t21-/m0/s1. The molecule has 0 amide bonds. The number of phenolic OH excluding ortho intramolecular Hbond substituents is 1. The summed E-state index contributed by atoms with van der Waals surface area (Å²) in [5.41, 5.74) is 2.24. The normalized spacial score (nSPS) is 11.8. The van der Waals surface area contributed by atoms with Crippen LogP contribution in [0, 0.1) is 6.92 Å². The molecule has 8 heteroatoms. The number of phenols is 1. The highest BCUT2D eigenvalue weighted by molar-refractivity contribution is 5.71. The van der Waals surface area contributed by atoms with Gasteiger partial charge in [0.1, 0.15) is 17.2 Å². The molecule has 0 fully saturated rings. The number of hydrogen-bond donors (Lipinski definition) is 3. The van der Waals surface area contributed by atoms with Crippen molar-refractivity contribution in [3.63, 3.8) is 0 Å². The fraction of sp³-hybridized carbons (Fsp3) is 0.308. The molecule has 2 aromatic carbocycles. The predicted molar refractivity (Wildman–Crippen MR) is 126 cm³/mol. The fourth-order valence-electron chi connectivity index (χ4n) is 4.05. The third-order valence-electron chi connectivity index (χ3n) is 5.91. The summed E-state index contributed by atoms with van der Waals surface area (Å²) in [4.78, 5) is 25.8. The highest BCUT2D eigenvalue weighted by Gasteiger charge is 2.27. The Kier molecular flexibility index (Phi) is 7.96. The third-order valence-corrected chi connectivity index (χ3v) is 5.91. The van der Waals surface area contributed by atoms with Gasteiger partial charge in [-0.15, -0.1) is 0 Å². The van der Waals surface area contributed by atoms with Crippen LogP contribution in [-0.4, -0.2) is 40.1 Å². The number of nitrogens with zero attached hydrogens (tertiary/aromatic N) is 1. The van der Waals surface area contributed by atoms with E-state index in [1.807, 2.05) is 0 Å². The molecule has 0 unspecified atom stereocenters. The molecule has 0 saturated heterocycles. The van der Waals surface area contributed by atoms with E-state index in [9.17, 15) is 24.9 Å². The average Bonchev–Trinajstić information content (AvgIpc) is 2.83. The SMILES string of the molecule is COC(=O)C[C@@H](c1ccc(OC)c(CO)c1)c1c(O)cc(C)n(CCc2ccc(O)cc2)c1=O. The molecule has 0 aliphatic rings. The minimum atomic E-state index is -0.795. The van der Waals surface area contributed by atoms with E-state index in [4.69, 9.17) is 9.47 Å². The number of benzene rings is 2. The zero-order valence-electron chi connectivity index (χ0n) is 19.4. The Morgan fingerprint density at radius 2 is 1.76 bits per heavy atom. The summed E-state index contributed by atoms with van der Waals surface area (Å²) in [6.45, 7) is 1.78. The Morgan fingerprint density at radius 1 is 1.06 bits per heavy atom. The van der Waals surface area contributed by atoms with Crippen LogP contribution in [0.5, 0.6) is 17.2 Å². The first-order chi connectivity index (χ1) is 16.3. The van der Waals surface area contributed by atoms with Crippen molar-refractivity contribution in [2.45, 2.75) is 38.8 Å². The summed E-state index contributed by atoms with van der Waals surface area (Å²) >= 11 is 0. The van der Waals surface area contributed by atoms with Gasteiger partial charge in [-0.1, -0.05) is 18.2 Å². The van der Waals surface area contributed by atoms with Gasteiger partial charge in [-0.05, 0) is 54.8 Å². The molecule has 180 valence electrons. The number of methoxy groups -OCH3 is 2. The highest BCUT2D eigenvalue weighted by Crippen LogP contribution is 2.34. The lowest BCUT2D eigenvalue weighted by Crippen LogP contribution is -2.29. The number of aryl methyl sites for hydroxylation is 2. The maximum atomic E-state index is 13.6. The lowest BCUT2D eigenvalue weighted by molar-refractivity contribution is -0.140. The first-order valence-corrected chi connectivity index (χ1v) is 10.8. The molecule has 1 atom stereocenters. The number of carbonyl (C=O) groups is 1. The average molecular weight is 468 g/mol. The first-order valence-electron chi connectivity index (χ1n) is 10.8. The number of hydrogen-bond acceptors (Lipinski definition) is 7. The van der Waals surface area contributed by atoms with Crippen LogP contribution in [0.4, 0.5) is 0 Å². The Bertz CT molecular complexity index is 1220. The van der Waals surface area contributed by atoms with E-state index in [1.54, 1.807) is 54.0 Å². The van der Waals surface area contributed by atoms with Gasteiger partial charge < -0.3 is 29.4 Å². The summed E-state index contributed by atoms with van der Waals surface area (Å²) in [7, 11) is 2.75. The summed E-state index contributed by atoms with van der Waals surface area (Å²) in [6, 6.07) is 13.3. The zero-order valence-corrected chi connectivity index (χ0v) is 19.4. The highest BCUT2D eigenvalue weighted by atomic mass is 16.5. The van der Waals surface area contributed by atoms with E-state index in [0.717, 1.165) is 5.56 Å². The van der Waals surface area contributed by atoms with Gasteiger partial charge in [0, 0.05) is 23.7 Å². The summed E-state index contributed by atoms with van der Waals surface area (Å²) in [6.07, 6.45) is 0.363. The van der Waals surface area contributed by atoms with Crippen molar-refractivity contribution in [3.8, 4) is 17.2 Å². The van der Waals surface area contributed by atoms with Crippen LogP contribution in [0.1, 0.15) is 40.3 Å². The Balaban J connectivity index is 2.08. The lowest BCUT2D eigenvalue weighted by Gasteiger charge is -2.21. The summed E-state index contributed by atoms with van der Waals surface area (Å²) in [5.74, 6) is -0.907. The Morgan fingerprint density at radius 3 is 2.38 bits per heavy atom. The van der Waals surface area contributed by atoms with Crippen LogP contribution in [0.2, 0.25) is 0 Å². The number of aliphatic hydroxyl groups excluding tert-OH is 1. The molecule has 0 saturated carbocycles. The summed E-state index contributed by atoms with van der Waals surface area (Å²) < 4.78 is 11.7. The van der Waals surface area contributed by atoms with Crippen molar-refractivity contribution >= 4 is 5.97 Å². The van der Waals surface area contributed by atoms with Crippen LogP contribution in [0.3, 0.4) is 0 Å². The number of ether oxygens (including phenoxy) is 2. The second kappa shape index (κ2) is 10.9. The molecule has 3 N–H and O–H groups in total. The van der Waals surface area contributed by atoms with Gasteiger partial charge in [0.15, 0.2) is 0 Å². The van der Waals surface area contributed by atoms with E-state index >= 15 is 0 Å². The van der Waals surface area contributed by atoms with E-state index in [2.05, 4.69) is 0 Å². The van der Waals surface area contributed by atoms with Crippen molar-refractivity contribution in [1.82, 2.24) is 4.57 Å². The van der Waals surface area contributed by atoms with Gasteiger partial charge in [-0.3, -0.25) is 9.59 Å². The maximum Gasteiger partial charge on any atom is 0.306 e. The quantitative estimate of drug-likeness (QED) is 0.414. The number of aromatic hydroxyl groups is 2. The lowest BCUT2D eigenvalue weighted by atomic mass is 9.87. The van der Waals surface area contributed by atoms with Crippen LogP contribution in [0.15, 0.2) is 53.3 Å². The number of esters is 1. The molecule has 34 heavy (non-hydrogen) atoms. The van der Waals surface area contributed by atoms with Gasteiger partial charge in [-0.25, -0.2) is 0 Å². The third kappa shape index (κ3) is 5.40. The molecule has 0 bridgehead atoms. The maximum absolute atomic E-state index is 13.6. The monoisotopic (exact) mass is 467 g/mol. The van der Waals surface area contributed by atoms with Crippen molar-refractivity contribution < 1.29 is 29.6 Å². The second-order valence-electron chi connectivity index (χ2n) is 8.02. The van der Waals surface area contributed by atoms with Crippen molar-refractivity contribution in [2.24, 2.45) is 0 Å². The number of rotatable bonds is 9. The molecule has 3 rings (SSSR count). The van der Waals surface area contributed by atoms with Gasteiger partial charge in [0.25, 0.3) is 5.56 Å². The molecule has 8 nitrogen and oxygen atoms in total. The van der Waals surface area contributed by atoms with Gasteiger partial charge in [-0.2, -0.15) is 0 Å². The Hall–Kier alpha value is -3.78.